The lowest BCUT2D eigenvalue weighted by molar-refractivity contribution is -0.145. The highest BCUT2D eigenvalue weighted by Gasteiger charge is 2.39. The summed E-state index contributed by atoms with van der Waals surface area (Å²) in [5.41, 5.74) is 7.00. The molecule has 1 fully saturated rings. The van der Waals surface area contributed by atoms with Gasteiger partial charge in [-0.05, 0) is 36.1 Å². The van der Waals surface area contributed by atoms with Crippen molar-refractivity contribution in [3.8, 4) is 5.75 Å². The summed E-state index contributed by atoms with van der Waals surface area (Å²) in [4.78, 5) is 52.2. The smallest absolute Gasteiger partial charge is 0.326 e. The number of nitrogens with two attached hydrogens (primary N) is 1. The third-order valence-electron chi connectivity index (χ3n) is 6.26. The number of carboxylic acid groups (broad SMARTS) is 1. The molecule has 0 aromatic heterocycles. The summed E-state index contributed by atoms with van der Waals surface area (Å²) in [6.07, 6.45) is 1.00. The number of benzene rings is 2. The SMILES string of the molecule is NC(CO)C(=O)NC(Cc1ccc(O)cc1)C(=O)N1CCCC1C(=O)NC(Cc1ccccc1)C(=O)O. The first-order valence-electron chi connectivity index (χ1n) is 12.0. The topological polar surface area (TPSA) is 182 Å². The molecule has 1 saturated heterocycles. The Balaban J connectivity index is 1.76. The summed E-state index contributed by atoms with van der Waals surface area (Å²) in [6, 6.07) is 10.6. The number of aromatic hydroxyl groups is 1. The summed E-state index contributed by atoms with van der Waals surface area (Å²) in [6.45, 7) is -0.361. The number of phenols is 1. The molecule has 7 N–H and O–H groups in total. The van der Waals surface area contributed by atoms with E-state index in [4.69, 9.17) is 5.73 Å². The standard InChI is InChI=1S/C26H32N4O7/c27-19(15-31)23(33)28-20(13-17-8-10-18(32)11-9-17)25(35)30-12-4-7-22(30)24(34)29-21(26(36)37)14-16-5-2-1-3-6-16/h1-3,5-6,8-11,19-22,31-32H,4,7,12-15,27H2,(H,28,33)(H,29,34)(H,36,37). The lowest BCUT2D eigenvalue weighted by Crippen LogP contribution is -2.57. The lowest BCUT2D eigenvalue weighted by atomic mass is 10.0. The molecule has 1 aliphatic heterocycles. The summed E-state index contributed by atoms with van der Waals surface area (Å²) in [5.74, 6) is -3.00. The zero-order chi connectivity index (χ0) is 26.9. The van der Waals surface area contributed by atoms with E-state index in [-0.39, 0.29) is 25.1 Å². The van der Waals surface area contributed by atoms with E-state index in [0.717, 1.165) is 5.56 Å². The summed E-state index contributed by atoms with van der Waals surface area (Å²) >= 11 is 0. The van der Waals surface area contributed by atoms with Crippen LogP contribution in [-0.2, 0) is 32.0 Å². The summed E-state index contributed by atoms with van der Waals surface area (Å²) < 4.78 is 0. The van der Waals surface area contributed by atoms with Crippen molar-refractivity contribution >= 4 is 23.7 Å². The zero-order valence-electron chi connectivity index (χ0n) is 20.2. The zero-order valence-corrected chi connectivity index (χ0v) is 20.2. The van der Waals surface area contributed by atoms with Crippen LogP contribution in [0.5, 0.6) is 5.75 Å². The Morgan fingerprint density at radius 3 is 2.19 bits per heavy atom. The summed E-state index contributed by atoms with van der Waals surface area (Å²) in [7, 11) is 0. The van der Waals surface area contributed by atoms with Gasteiger partial charge in [-0.25, -0.2) is 4.79 Å². The molecule has 0 saturated carbocycles. The average Bonchev–Trinajstić information content (AvgIpc) is 3.39. The fourth-order valence-electron chi connectivity index (χ4n) is 4.25. The van der Waals surface area contributed by atoms with Crippen molar-refractivity contribution in [3.05, 3.63) is 65.7 Å². The number of hydrogen-bond acceptors (Lipinski definition) is 7. The fourth-order valence-corrected chi connectivity index (χ4v) is 4.25. The Morgan fingerprint density at radius 1 is 0.946 bits per heavy atom. The maximum Gasteiger partial charge on any atom is 0.326 e. The van der Waals surface area contributed by atoms with Crippen molar-refractivity contribution in [2.45, 2.75) is 49.9 Å². The van der Waals surface area contributed by atoms with Crippen LogP contribution in [0, 0.1) is 0 Å². The second kappa shape index (κ2) is 12.8. The number of carboxylic acids is 1. The first-order chi connectivity index (χ1) is 17.7. The van der Waals surface area contributed by atoms with Crippen LogP contribution in [0.3, 0.4) is 0 Å². The molecule has 4 unspecified atom stereocenters. The molecule has 2 aromatic rings. The van der Waals surface area contributed by atoms with Crippen molar-refractivity contribution in [2.75, 3.05) is 13.2 Å². The Hall–Kier alpha value is -3.96. The molecule has 0 aliphatic carbocycles. The van der Waals surface area contributed by atoms with Gasteiger partial charge in [-0.1, -0.05) is 42.5 Å². The number of phenolic OH excluding ortho intramolecular Hbond substituents is 1. The van der Waals surface area contributed by atoms with E-state index >= 15 is 0 Å². The normalized spacial score (nSPS) is 17.5. The van der Waals surface area contributed by atoms with Gasteiger partial charge in [-0.2, -0.15) is 0 Å². The van der Waals surface area contributed by atoms with Crippen LogP contribution >= 0.6 is 0 Å². The maximum absolute atomic E-state index is 13.6. The van der Waals surface area contributed by atoms with Crippen LogP contribution in [0.1, 0.15) is 24.0 Å². The van der Waals surface area contributed by atoms with E-state index in [2.05, 4.69) is 10.6 Å². The Bertz CT molecular complexity index is 1090. The number of nitrogens with one attached hydrogen (secondary N) is 2. The first-order valence-corrected chi connectivity index (χ1v) is 12.0. The van der Waals surface area contributed by atoms with Gasteiger partial charge in [-0.3, -0.25) is 14.4 Å². The first kappa shape index (κ1) is 27.6. The van der Waals surface area contributed by atoms with Crippen molar-refractivity contribution in [1.82, 2.24) is 15.5 Å². The molecule has 0 bridgehead atoms. The molecule has 4 atom stereocenters. The van der Waals surface area contributed by atoms with Gasteiger partial charge in [-0.15, -0.1) is 0 Å². The molecule has 11 nitrogen and oxygen atoms in total. The molecule has 198 valence electrons. The molecule has 3 amide bonds. The minimum atomic E-state index is -1.23. The lowest BCUT2D eigenvalue weighted by Gasteiger charge is -2.30. The minimum absolute atomic E-state index is 0.0396. The van der Waals surface area contributed by atoms with Gasteiger partial charge in [0.1, 0.15) is 29.9 Å². The van der Waals surface area contributed by atoms with Crippen molar-refractivity contribution in [2.24, 2.45) is 5.73 Å². The number of aliphatic carboxylic acids is 1. The second-order valence-electron chi connectivity index (χ2n) is 9.00. The highest BCUT2D eigenvalue weighted by atomic mass is 16.4. The molecule has 37 heavy (non-hydrogen) atoms. The van der Waals surface area contributed by atoms with Gasteiger partial charge in [0.25, 0.3) is 0 Å². The monoisotopic (exact) mass is 512 g/mol. The number of carbonyl (C=O) groups excluding carboxylic acids is 3. The quantitative estimate of drug-likeness (QED) is 0.234. The molecular formula is C26H32N4O7. The van der Waals surface area contributed by atoms with E-state index in [0.29, 0.717) is 18.4 Å². The maximum atomic E-state index is 13.6. The van der Waals surface area contributed by atoms with Gasteiger partial charge in [0.2, 0.25) is 17.7 Å². The third kappa shape index (κ3) is 7.51. The van der Waals surface area contributed by atoms with E-state index < -0.39 is 54.5 Å². The molecule has 1 aliphatic rings. The van der Waals surface area contributed by atoms with E-state index in [1.807, 2.05) is 0 Å². The van der Waals surface area contributed by atoms with E-state index in [1.165, 1.54) is 17.0 Å². The number of rotatable bonds is 11. The molecule has 11 heteroatoms. The summed E-state index contributed by atoms with van der Waals surface area (Å²) in [5, 5.41) is 33.5. The Labute approximate surface area is 214 Å². The highest BCUT2D eigenvalue weighted by Crippen LogP contribution is 2.21. The second-order valence-corrected chi connectivity index (χ2v) is 9.00. The minimum Gasteiger partial charge on any atom is -0.508 e. The highest BCUT2D eigenvalue weighted by molar-refractivity contribution is 5.94. The Morgan fingerprint density at radius 2 is 1.57 bits per heavy atom. The van der Waals surface area contributed by atoms with Gasteiger partial charge < -0.3 is 36.6 Å². The number of aliphatic hydroxyl groups is 1. The van der Waals surface area contributed by atoms with Crippen LogP contribution < -0.4 is 16.4 Å². The van der Waals surface area contributed by atoms with Crippen LogP contribution in [0.15, 0.2) is 54.6 Å². The number of aliphatic hydroxyl groups excluding tert-OH is 1. The third-order valence-corrected chi connectivity index (χ3v) is 6.26. The van der Waals surface area contributed by atoms with Gasteiger partial charge >= 0.3 is 5.97 Å². The van der Waals surface area contributed by atoms with E-state index in [9.17, 15) is 34.5 Å². The van der Waals surface area contributed by atoms with Crippen LogP contribution in [0.25, 0.3) is 0 Å². The average molecular weight is 513 g/mol. The van der Waals surface area contributed by atoms with Gasteiger partial charge in [0.05, 0.1) is 6.61 Å². The molecule has 2 aromatic carbocycles. The van der Waals surface area contributed by atoms with Crippen molar-refractivity contribution in [3.63, 3.8) is 0 Å². The largest absolute Gasteiger partial charge is 0.508 e. The molecule has 0 spiro atoms. The molecular weight excluding hydrogens is 480 g/mol. The van der Waals surface area contributed by atoms with Crippen LogP contribution in [-0.4, -0.2) is 81.2 Å². The number of nitrogens with zero attached hydrogens (tertiary/aromatic N) is 1. The number of carbonyl (C=O) groups is 4. The number of hydrogen-bond donors (Lipinski definition) is 6. The van der Waals surface area contributed by atoms with Gasteiger partial charge in [0.15, 0.2) is 0 Å². The van der Waals surface area contributed by atoms with Crippen LogP contribution in [0.2, 0.25) is 0 Å². The van der Waals surface area contributed by atoms with E-state index in [1.54, 1.807) is 42.5 Å². The van der Waals surface area contributed by atoms with Crippen molar-refractivity contribution < 1.29 is 34.5 Å². The Kier molecular flexibility index (Phi) is 9.58. The molecule has 1 heterocycles. The predicted molar refractivity (Wildman–Crippen MR) is 133 cm³/mol. The van der Waals surface area contributed by atoms with Gasteiger partial charge in [0, 0.05) is 19.4 Å². The van der Waals surface area contributed by atoms with Crippen molar-refractivity contribution in [1.29, 1.82) is 0 Å². The number of amides is 3. The predicted octanol–water partition coefficient (Wildman–Crippen LogP) is -0.458. The fraction of sp³-hybridized carbons (Fsp3) is 0.385. The molecule has 0 radical (unpaired) electrons. The number of likely N-dealkylation sites (tertiary alicyclic amines) is 1. The van der Waals surface area contributed by atoms with Crippen LogP contribution in [0.4, 0.5) is 0 Å². The molecule has 3 rings (SSSR count).